The highest BCUT2D eigenvalue weighted by atomic mass is 16.1. The van der Waals surface area contributed by atoms with E-state index in [1.54, 1.807) is 6.20 Å². The molecule has 0 radical (unpaired) electrons. The molecule has 3 aromatic rings. The molecule has 0 saturated heterocycles. The highest BCUT2D eigenvalue weighted by Crippen LogP contribution is 2.18. The van der Waals surface area contributed by atoms with Crippen molar-refractivity contribution in [2.75, 3.05) is 5.32 Å². The van der Waals surface area contributed by atoms with Crippen LogP contribution < -0.4 is 5.32 Å². The monoisotopic (exact) mass is 276 g/mol. The molecular formula is C18H16N2O. The van der Waals surface area contributed by atoms with Gasteiger partial charge < -0.3 is 5.32 Å². The average Bonchev–Trinajstić information content (AvgIpc) is 2.55. The first-order chi connectivity index (χ1) is 10.3. The molecule has 1 N–H and O–H groups in total. The Bertz CT molecular complexity index is 796. The number of aromatic nitrogens is 1. The van der Waals surface area contributed by atoms with Crippen molar-refractivity contribution in [1.82, 2.24) is 4.98 Å². The van der Waals surface area contributed by atoms with Gasteiger partial charge in [0.2, 0.25) is 0 Å². The Hall–Kier alpha value is -2.68. The molecule has 0 fully saturated rings. The third kappa shape index (κ3) is 2.77. The molecule has 3 nitrogen and oxygen atoms in total. The van der Waals surface area contributed by atoms with Crippen LogP contribution in [0.4, 0.5) is 5.69 Å². The lowest BCUT2D eigenvalue weighted by molar-refractivity contribution is 0.102. The van der Waals surface area contributed by atoms with E-state index in [0.717, 1.165) is 28.6 Å². The second kappa shape index (κ2) is 5.75. The van der Waals surface area contributed by atoms with Crippen LogP contribution in [-0.2, 0) is 6.42 Å². The molecule has 104 valence electrons. The largest absolute Gasteiger partial charge is 0.322 e. The van der Waals surface area contributed by atoms with Crippen LogP contribution in [0.25, 0.3) is 10.9 Å². The molecule has 0 spiro atoms. The first-order valence-corrected chi connectivity index (χ1v) is 7.02. The molecule has 0 aliphatic rings. The van der Waals surface area contributed by atoms with Crippen LogP contribution >= 0.6 is 0 Å². The number of pyridine rings is 1. The molecule has 1 aromatic heterocycles. The van der Waals surface area contributed by atoms with Gasteiger partial charge in [-0.05, 0) is 30.2 Å². The lowest BCUT2D eigenvalue weighted by atomic mass is 10.1. The fourth-order valence-corrected chi connectivity index (χ4v) is 2.34. The number of aryl methyl sites for hydroxylation is 1. The third-order valence-electron chi connectivity index (χ3n) is 3.50. The van der Waals surface area contributed by atoms with Crippen LogP contribution in [0.1, 0.15) is 22.8 Å². The van der Waals surface area contributed by atoms with Crippen molar-refractivity contribution in [2.45, 2.75) is 13.3 Å². The zero-order chi connectivity index (χ0) is 14.7. The Balaban J connectivity index is 1.90. The fraction of sp³-hybridized carbons (Fsp3) is 0.111. The van der Waals surface area contributed by atoms with Gasteiger partial charge in [0.15, 0.2) is 0 Å². The maximum absolute atomic E-state index is 12.4. The molecule has 2 aromatic carbocycles. The second-order valence-electron chi connectivity index (χ2n) is 4.88. The lowest BCUT2D eigenvalue weighted by Gasteiger charge is -2.09. The summed E-state index contributed by atoms with van der Waals surface area (Å²) >= 11 is 0. The van der Waals surface area contributed by atoms with Gasteiger partial charge in [0.1, 0.15) is 0 Å². The normalized spacial score (nSPS) is 10.5. The zero-order valence-corrected chi connectivity index (χ0v) is 11.8. The lowest BCUT2D eigenvalue weighted by Crippen LogP contribution is -2.13. The Morgan fingerprint density at radius 1 is 1.10 bits per heavy atom. The van der Waals surface area contributed by atoms with Crippen molar-refractivity contribution in [1.29, 1.82) is 0 Å². The second-order valence-corrected chi connectivity index (χ2v) is 4.88. The number of rotatable bonds is 3. The van der Waals surface area contributed by atoms with Gasteiger partial charge in [-0.1, -0.05) is 43.3 Å². The fourth-order valence-electron chi connectivity index (χ4n) is 2.34. The molecule has 1 amide bonds. The van der Waals surface area contributed by atoms with Gasteiger partial charge in [-0.3, -0.25) is 9.78 Å². The van der Waals surface area contributed by atoms with Crippen LogP contribution in [0.15, 0.2) is 60.8 Å². The van der Waals surface area contributed by atoms with Crippen LogP contribution in [0.2, 0.25) is 0 Å². The number of hydrogen-bond acceptors (Lipinski definition) is 2. The summed E-state index contributed by atoms with van der Waals surface area (Å²) in [4.78, 5) is 16.7. The van der Waals surface area contributed by atoms with E-state index in [9.17, 15) is 4.79 Å². The third-order valence-corrected chi connectivity index (χ3v) is 3.50. The Morgan fingerprint density at radius 2 is 1.86 bits per heavy atom. The van der Waals surface area contributed by atoms with E-state index in [2.05, 4.69) is 17.2 Å². The smallest absolute Gasteiger partial charge is 0.257 e. The molecule has 0 atom stereocenters. The summed E-state index contributed by atoms with van der Waals surface area (Å²) < 4.78 is 0. The van der Waals surface area contributed by atoms with E-state index in [0.29, 0.717) is 5.56 Å². The summed E-state index contributed by atoms with van der Waals surface area (Å²) in [6, 6.07) is 17.5. The SMILES string of the molecule is CCc1ccccc1NC(=O)c1cnc2ccccc2c1. The van der Waals surface area contributed by atoms with Crippen LogP contribution in [0.3, 0.4) is 0 Å². The number of benzene rings is 2. The summed E-state index contributed by atoms with van der Waals surface area (Å²) in [5.74, 6) is -0.130. The molecule has 0 saturated carbocycles. The summed E-state index contributed by atoms with van der Waals surface area (Å²) in [6.45, 7) is 2.07. The molecule has 3 rings (SSSR count). The van der Waals surface area contributed by atoms with Gasteiger partial charge in [0.25, 0.3) is 5.91 Å². The summed E-state index contributed by atoms with van der Waals surface area (Å²) in [5, 5.41) is 3.93. The van der Waals surface area contributed by atoms with Gasteiger partial charge in [0, 0.05) is 17.3 Å². The standard InChI is InChI=1S/C18H16N2O/c1-2-13-7-3-6-10-17(13)20-18(21)15-11-14-8-4-5-9-16(14)19-12-15/h3-12H,2H2,1H3,(H,20,21). The van der Waals surface area contributed by atoms with Crippen LogP contribution in [-0.4, -0.2) is 10.9 Å². The first-order valence-electron chi connectivity index (χ1n) is 7.02. The topological polar surface area (TPSA) is 42.0 Å². The molecule has 3 heteroatoms. The molecule has 0 aliphatic carbocycles. The van der Waals surface area contributed by atoms with E-state index in [-0.39, 0.29) is 5.91 Å². The number of nitrogens with zero attached hydrogens (tertiary/aromatic N) is 1. The minimum atomic E-state index is -0.130. The van der Waals surface area contributed by atoms with Crippen molar-refractivity contribution in [3.63, 3.8) is 0 Å². The van der Waals surface area contributed by atoms with E-state index >= 15 is 0 Å². The van der Waals surface area contributed by atoms with E-state index < -0.39 is 0 Å². The number of hydrogen-bond donors (Lipinski definition) is 1. The molecule has 0 aliphatic heterocycles. The van der Waals surface area contributed by atoms with Crippen LogP contribution in [0, 0.1) is 0 Å². The highest BCUT2D eigenvalue weighted by molar-refractivity contribution is 6.06. The summed E-state index contributed by atoms with van der Waals surface area (Å²) in [6.07, 6.45) is 2.50. The number of fused-ring (bicyclic) bond motifs is 1. The number of anilines is 1. The number of amides is 1. The van der Waals surface area contributed by atoms with Crippen molar-refractivity contribution >= 4 is 22.5 Å². The van der Waals surface area contributed by atoms with E-state index in [4.69, 9.17) is 0 Å². The number of para-hydroxylation sites is 2. The number of nitrogens with one attached hydrogen (secondary N) is 1. The molecule has 1 heterocycles. The number of carbonyl (C=O) groups is 1. The van der Waals surface area contributed by atoms with Crippen molar-refractivity contribution in [2.24, 2.45) is 0 Å². The van der Waals surface area contributed by atoms with Crippen molar-refractivity contribution in [3.05, 3.63) is 71.9 Å². The van der Waals surface area contributed by atoms with Crippen molar-refractivity contribution in [3.8, 4) is 0 Å². The zero-order valence-electron chi connectivity index (χ0n) is 11.8. The molecule has 0 unspecified atom stereocenters. The first kappa shape index (κ1) is 13.3. The number of carbonyl (C=O) groups excluding carboxylic acids is 1. The maximum Gasteiger partial charge on any atom is 0.257 e. The van der Waals surface area contributed by atoms with E-state index in [1.807, 2.05) is 54.6 Å². The quantitative estimate of drug-likeness (QED) is 0.784. The van der Waals surface area contributed by atoms with Gasteiger partial charge in [-0.25, -0.2) is 0 Å². The minimum Gasteiger partial charge on any atom is -0.322 e. The van der Waals surface area contributed by atoms with Gasteiger partial charge in [-0.2, -0.15) is 0 Å². The van der Waals surface area contributed by atoms with Gasteiger partial charge >= 0.3 is 0 Å². The predicted octanol–water partition coefficient (Wildman–Crippen LogP) is 4.05. The van der Waals surface area contributed by atoms with Gasteiger partial charge in [-0.15, -0.1) is 0 Å². The maximum atomic E-state index is 12.4. The Morgan fingerprint density at radius 3 is 2.71 bits per heavy atom. The minimum absolute atomic E-state index is 0.130. The summed E-state index contributed by atoms with van der Waals surface area (Å²) in [7, 11) is 0. The van der Waals surface area contributed by atoms with Crippen LogP contribution in [0.5, 0.6) is 0 Å². The van der Waals surface area contributed by atoms with E-state index in [1.165, 1.54) is 0 Å². The molecule has 0 bridgehead atoms. The average molecular weight is 276 g/mol. The summed E-state index contributed by atoms with van der Waals surface area (Å²) in [5.41, 5.74) is 3.44. The molecule has 21 heavy (non-hydrogen) atoms. The predicted molar refractivity (Wildman–Crippen MR) is 85.5 cm³/mol. The van der Waals surface area contributed by atoms with Crippen molar-refractivity contribution < 1.29 is 4.79 Å². The molecular weight excluding hydrogens is 260 g/mol. The van der Waals surface area contributed by atoms with Gasteiger partial charge in [0.05, 0.1) is 11.1 Å². The Labute approximate surface area is 123 Å². The highest BCUT2D eigenvalue weighted by Gasteiger charge is 2.09. The Kier molecular flexibility index (Phi) is 3.65.